The van der Waals surface area contributed by atoms with Crippen LogP contribution in [-0.2, 0) is 17.9 Å². The van der Waals surface area contributed by atoms with Gasteiger partial charge in [-0.1, -0.05) is 48.5 Å². The van der Waals surface area contributed by atoms with Crippen molar-refractivity contribution < 1.29 is 4.79 Å². The number of nitrogens with zero attached hydrogens (tertiary/aromatic N) is 4. The molecule has 4 rings (SSSR count). The van der Waals surface area contributed by atoms with E-state index in [9.17, 15) is 9.59 Å². The first kappa shape index (κ1) is 20.9. The maximum absolute atomic E-state index is 12.8. The van der Waals surface area contributed by atoms with E-state index in [1.807, 2.05) is 60.7 Å². The van der Waals surface area contributed by atoms with E-state index in [0.717, 1.165) is 16.2 Å². The van der Waals surface area contributed by atoms with Gasteiger partial charge in [-0.25, -0.2) is 9.67 Å². The maximum Gasteiger partial charge on any atom is 0.264 e. The van der Waals surface area contributed by atoms with E-state index in [1.165, 1.54) is 0 Å². The Balaban J connectivity index is 1.30. The molecule has 0 aliphatic rings. The minimum atomic E-state index is -0.123. The number of rotatable bonds is 9. The van der Waals surface area contributed by atoms with Crippen molar-refractivity contribution in [2.75, 3.05) is 12.3 Å². The van der Waals surface area contributed by atoms with Crippen LogP contribution in [0.15, 0.2) is 82.9 Å². The molecule has 31 heavy (non-hydrogen) atoms. The van der Waals surface area contributed by atoms with Gasteiger partial charge in [0.05, 0.1) is 19.3 Å². The third-order valence-electron chi connectivity index (χ3n) is 4.80. The molecule has 2 aromatic heterocycles. The van der Waals surface area contributed by atoms with Crippen LogP contribution < -0.4 is 10.9 Å². The van der Waals surface area contributed by atoms with E-state index in [0.29, 0.717) is 37.1 Å². The van der Waals surface area contributed by atoms with Crippen molar-refractivity contribution in [3.05, 3.63) is 89.1 Å². The second kappa shape index (κ2) is 10.1. The normalized spacial score (nSPS) is 11.0. The summed E-state index contributed by atoms with van der Waals surface area (Å²) in [6.07, 6.45) is 3.54. The van der Waals surface area contributed by atoms with Crippen molar-refractivity contribution >= 4 is 28.7 Å². The minimum absolute atomic E-state index is 0.00179. The molecule has 0 spiro atoms. The van der Waals surface area contributed by atoms with Gasteiger partial charge in [0.15, 0.2) is 5.65 Å². The third kappa shape index (κ3) is 5.40. The molecule has 0 saturated carbocycles. The van der Waals surface area contributed by atoms with Crippen LogP contribution in [0.3, 0.4) is 0 Å². The van der Waals surface area contributed by atoms with Gasteiger partial charge in [0.2, 0.25) is 5.91 Å². The predicted octanol–water partition coefficient (Wildman–Crippen LogP) is 2.94. The molecule has 2 heterocycles. The van der Waals surface area contributed by atoms with E-state index < -0.39 is 0 Å². The number of hydrogen-bond donors (Lipinski definition) is 1. The average Bonchev–Trinajstić information content (AvgIpc) is 3.21. The fourth-order valence-corrected chi connectivity index (χ4v) is 4.09. The number of benzene rings is 2. The number of amides is 1. The first-order chi connectivity index (χ1) is 15.2. The van der Waals surface area contributed by atoms with Gasteiger partial charge in [0.1, 0.15) is 11.7 Å². The molecule has 0 aliphatic carbocycles. The van der Waals surface area contributed by atoms with Crippen molar-refractivity contribution in [2.45, 2.75) is 24.4 Å². The van der Waals surface area contributed by atoms with Crippen molar-refractivity contribution in [3.63, 3.8) is 0 Å². The Labute approximate surface area is 184 Å². The van der Waals surface area contributed by atoms with Crippen molar-refractivity contribution in [1.29, 1.82) is 0 Å². The quantitative estimate of drug-likeness (QED) is 0.411. The molecular formula is C23H23N5O2S. The molecule has 0 unspecified atom stereocenters. The first-order valence-electron chi connectivity index (χ1n) is 10.1. The van der Waals surface area contributed by atoms with Gasteiger partial charge >= 0.3 is 0 Å². The Morgan fingerprint density at radius 3 is 2.55 bits per heavy atom. The average molecular weight is 434 g/mol. The molecule has 7 nitrogen and oxygen atoms in total. The Morgan fingerprint density at radius 1 is 1.03 bits per heavy atom. The van der Waals surface area contributed by atoms with Gasteiger partial charge in [-0.2, -0.15) is 5.10 Å². The zero-order valence-corrected chi connectivity index (χ0v) is 17.8. The van der Waals surface area contributed by atoms with E-state index in [-0.39, 0.29) is 11.5 Å². The molecule has 0 aliphatic heterocycles. The van der Waals surface area contributed by atoms with Crippen LogP contribution in [0.25, 0.3) is 11.0 Å². The summed E-state index contributed by atoms with van der Waals surface area (Å²) < 4.78 is 3.23. The summed E-state index contributed by atoms with van der Waals surface area (Å²) in [7, 11) is 0. The van der Waals surface area contributed by atoms with Gasteiger partial charge in [0, 0.05) is 23.6 Å². The molecular weight excluding hydrogens is 410 g/mol. The van der Waals surface area contributed by atoms with E-state index in [2.05, 4.69) is 15.4 Å². The van der Waals surface area contributed by atoms with E-state index in [4.69, 9.17) is 0 Å². The highest BCUT2D eigenvalue weighted by molar-refractivity contribution is 7.99. The van der Waals surface area contributed by atoms with Crippen LogP contribution in [0.5, 0.6) is 0 Å². The number of nitrogens with one attached hydrogen (secondary N) is 1. The molecule has 8 heteroatoms. The lowest BCUT2D eigenvalue weighted by Gasteiger charge is -2.08. The molecule has 2 aromatic carbocycles. The first-order valence-corrected chi connectivity index (χ1v) is 11.1. The zero-order chi connectivity index (χ0) is 21.5. The van der Waals surface area contributed by atoms with Gasteiger partial charge in [-0.15, -0.1) is 11.8 Å². The van der Waals surface area contributed by atoms with Crippen LogP contribution in [-0.4, -0.2) is 37.5 Å². The van der Waals surface area contributed by atoms with Gasteiger partial charge < -0.3 is 5.32 Å². The maximum atomic E-state index is 12.8. The predicted molar refractivity (Wildman–Crippen MR) is 122 cm³/mol. The van der Waals surface area contributed by atoms with E-state index >= 15 is 0 Å². The van der Waals surface area contributed by atoms with Gasteiger partial charge in [-0.3, -0.25) is 14.2 Å². The Kier molecular flexibility index (Phi) is 6.78. The number of hydrogen-bond acceptors (Lipinski definition) is 5. The lowest BCUT2D eigenvalue weighted by atomic mass is 10.2. The molecule has 1 amide bonds. The second-order valence-corrected chi connectivity index (χ2v) is 8.20. The van der Waals surface area contributed by atoms with E-state index in [1.54, 1.807) is 33.5 Å². The Hall–Kier alpha value is -3.39. The highest BCUT2D eigenvalue weighted by atomic mass is 32.2. The molecule has 158 valence electrons. The summed E-state index contributed by atoms with van der Waals surface area (Å²) >= 11 is 1.66. The molecule has 4 aromatic rings. The molecule has 0 radical (unpaired) electrons. The Bertz CT molecular complexity index is 1210. The van der Waals surface area contributed by atoms with Gasteiger partial charge in [0.25, 0.3) is 5.56 Å². The summed E-state index contributed by atoms with van der Waals surface area (Å²) in [5.74, 6) is 0.723. The summed E-state index contributed by atoms with van der Waals surface area (Å²) in [5.41, 5.74) is 1.44. The van der Waals surface area contributed by atoms with Crippen LogP contribution in [0, 0.1) is 0 Å². The number of fused-ring (bicyclic) bond motifs is 1. The number of thioether (sulfide) groups is 1. The molecule has 0 saturated heterocycles. The lowest BCUT2D eigenvalue weighted by Crippen LogP contribution is -2.28. The molecule has 0 bridgehead atoms. The molecule has 0 atom stereocenters. The summed E-state index contributed by atoms with van der Waals surface area (Å²) in [4.78, 5) is 30.4. The summed E-state index contributed by atoms with van der Waals surface area (Å²) in [6, 6.07) is 19.8. The SMILES string of the molecule is O=C(CCSc1ccccc1)NCCn1ncc2c(=O)n(Cc3ccccc3)cnc21. The minimum Gasteiger partial charge on any atom is -0.354 e. The van der Waals surface area contributed by atoms with Crippen LogP contribution in [0.4, 0.5) is 0 Å². The Morgan fingerprint density at radius 2 is 1.77 bits per heavy atom. The highest BCUT2D eigenvalue weighted by Crippen LogP contribution is 2.17. The van der Waals surface area contributed by atoms with Crippen molar-refractivity contribution in [2.24, 2.45) is 0 Å². The third-order valence-corrected chi connectivity index (χ3v) is 5.82. The van der Waals surface area contributed by atoms with Crippen molar-refractivity contribution in [1.82, 2.24) is 24.6 Å². The van der Waals surface area contributed by atoms with Crippen LogP contribution in [0.2, 0.25) is 0 Å². The number of aromatic nitrogens is 4. The lowest BCUT2D eigenvalue weighted by molar-refractivity contribution is -0.120. The number of carbonyl (C=O) groups excluding carboxylic acids is 1. The topological polar surface area (TPSA) is 81.8 Å². The molecule has 1 N–H and O–H groups in total. The van der Waals surface area contributed by atoms with Crippen LogP contribution in [0.1, 0.15) is 12.0 Å². The standard InChI is InChI=1S/C23H23N5O2S/c29-21(11-14-31-19-9-5-2-6-10-19)24-12-13-28-22-20(15-26-28)23(30)27(17-25-22)16-18-7-3-1-4-8-18/h1-10,15,17H,11-14,16H2,(H,24,29). The summed E-state index contributed by atoms with van der Waals surface area (Å²) in [6.45, 7) is 1.35. The van der Waals surface area contributed by atoms with Crippen LogP contribution >= 0.6 is 11.8 Å². The smallest absolute Gasteiger partial charge is 0.264 e. The van der Waals surface area contributed by atoms with Crippen molar-refractivity contribution in [3.8, 4) is 0 Å². The second-order valence-electron chi connectivity index (χ2n) is 7.03. The summed E-state index contributed by atoms with van der Waals surface area (Å²) in [5, 5.41) is 7.67. The molecule has 0 fully saturated rings. The zero-order valence-electron chi connectivity index (χ0n) is 17.0. The fraction of sp³-hybridized carbons (Fsp3) is 0.217. The highest BCUT2D eigenvalue weighted by Gasteiger charge is 2.11. The largest absolute Gasteiger partial charge is 0.354 e. The fourth-order valence-electron chi connectivity index (χ4n) is 3.22. The monoisotopic (exact) mass is 433 g/mol. The van der Waals surface area contributed by atoms with Gasteiger partial charge in [-0.05, 0) is 17.7 Å². The number of carbonyl (C=O) groups is 1.